The number of imide groups is 1. The molecule has 0 radical (unpaired) electrons. The highest BCUT2D eigenvalue weighted by Crippen LogP contribution is 2.37. The fourth-order valence-corrected chi connectivity index (χ4v) is 3.78. The van der Waals surface area contributed by atoms with Crippen molar-refractivity contribution in [1.29, 1.82) is 0 Å². The van der Waals surface area contributed by atoms with Gasteiger partial charge in [-0.3, -0.25) is 14.5 Å². The van der Waals surface area contributed by atoms with Gasteiger partial charge in [0.2, 0.25) is 0 Å². The van der Waals surface area contributed by atoms with E-state index in [1.54, 1.807) is 36.4 Å². The number of hydrogen-bond donors (Lipinski definition) is 0. The lowest BCUT2D eigenvalue weighted by Crippen LogP contribution is -2.44. The lowest BCUT2D eigenvalue weighted by atomic mass is 9.90. The first kappa shape index (κ1) is 18.6. The predicted octanol–water partition coefficient (Wildman–Crippen LogP) is 4.21. The zero-order valence-electron chi connectivity index (χ0n) is 16.1. The van der Waals surface area contributed by atoms with Gasteiger partial charge in [0, 0.05) is 16.5 Å². The molecule has 5 heteroatoms. The van der Waals surface area contributed by atoms with Crippen LogP contribution >= 0.6 is 0 Å². The van der Waals surface area contributed by atoms with Crippen LogP contribution in [-0.4, -0.2) is 29.8 Å². The minimum absolute atomic E-state index is 0.0182. The monoisotopic (exact) mass is 385 g/mol. The van der Waals surface area contributed by atoms with Crippen molar-refractivity contribution >= 4 is 28.6 Å². The van der Waals surface area contributed by atoms with Crippen LogP contribution < -0.4 is 0 Å². The van der Waals surface area contributed by atoms with Crippen molar-refractivity contribution in [2.24, 2.45) is 0 Å². The molecule has 0 unspecified atom stereocenters. The molecule has 0 spiro atoms. The number of rotatable bonds is 4. The second kappa shape index (κ2) is 7.02. The van der Waals surface area contributed by atoms with Gasteiger partial charge in [-0.15, -0.1) is 0 Å². The zero-order valence-corrected chi connectivity index (χ0v) is 16.1. The minimum atomic E-state index is -0.966. The smallest absolute Gasteiger partial charge is 0.335 e. The van der Waals surface area contributed by atoms with E-state index in [0.717, 1.165) is 15.8 Å². The van der Waals surface area contributed by atoms with Crippen molar-refractivity contribution in [3.63, 3.8) is 0 Å². The number of esters is 1. The molecule has 0 aromatic heterocycles. The van der Waals surface area contributed by atoms with Crippen LogP contribution in [0.5, 0.6) is 0 Å². The molecule has 3 aromatic carbocycles. The third-order valence-corrected chi connectivity index (χ3v) is 5.23. The summed E-state index contributed by atoms with van der Waals surface area (Å²) in [7, 11) is 1.25. The maximum atomic E-state index is 13.4. The van der Waals surface area contributed by atoms with E-state index in [1.807, 2.05) is 31.2 Å². The first-order chi connectivity index (χ1) is 13.9. The molecule has 3 aromatic rings. The second-order valence-electron chi connectivity index (χ2n) is 7.02. The Balaban J connectivity index is 1.92. The van der Waals surface area contributed by atoms with E-state index in [1.165, 1.54) is 7.11 Å². The number of methoxy groups -OCH3 is 1. The maximum absolute atomic E-state index is 13.4. The molecule has 144 valence electrons. The third kappa shape index (κ3) is 2.91. The van der Waals surface area contributed by atoms with Crippen molar-refractivity contribution in [2.75, 3.05) is 7.11 Å². The van der Waals surface area contributed by atoms with E-state index in [2.05, 4.69) is 6.58 Å². The molecule has 0 bridgehead atoms. The predicted molar refractivity (Wildman–Crippen MR) is 110 cm³/mol. The van der Waals surface area contributed by atoms with E-state index in [-0.39, 0.29) is 5.57 Å². The molecule has 0 aliphatic carbocycles. The Bertz CT molecular complexity index is 1130. The van der Waals surface area contributed by atoms with E-state index in [0.29, 0.717) is 22.1 Å². The quantitative estimate of drug-likeness (QED) is 0.383. The van der Waals surface area contributed by atoms with Crippen LogP contribution in [0.2, 0.25) is 0 Å². The average Bonchev–Trinajstić information content (AvgIpc) is 2.74. The van der Waals surface area contributed by atoms with Gasteiger partial charge in [0.25, 0.3) is 11.8 Å². The van der Waals surface area contributed by atoms with Gasteiger partial charge in [-0.1, -0.05) is 60.7 Å². The number of carbonyl (C=O) groups excluding carboxylic acids is 3. The summed E-state index contributed by atoms with van der Waals surface area (Å²) in [6.07, 6.45) is 0. The largest absolute Gasteiger partial charge is 0.466 e. The van der Waals surface area contributed by atoms with Crippen molar-refractivity contribution in [2.45, 2.75) is 13.0 Å². The molecule has 29 heavy (non-hydrogen) atoms. The van der Waals surface area contributed by atoms with Crippen LogP contribution in [-0.2, 0) is 9.53 Å². The normalized spacial score (nSPS) is 14.1. The first-order valence-electron chi connectivity index (χ1n) is 9.17. The number of carbonyl (C=O) groups is 3. The molecule has 1 heterocycles. The molecule has 1 aliphatic heterocycles. The van der Waals surface area contributed by atoms with Crippen molar-refractivity contribution < 1.29 is 19.1 Å². The highest BCUT2D eigenvalue weighted by Gasteiger charge is 2.40. The Kier molecular flexibility index (Phi) is 4.51. The van der Waals surface area contributed by atoms with Gasteiger partial charge in [-0.05, 0) is 30.0 Å². The summed E-state index contributed by atoms with van der Waals surface area (Å²) in [6.45, 7) is 5.79. The summed E-state index contributed by atoms with van der Waals surface area (Å²) in [4.78, 5) is 40.3. The standard InChI is InChI=1S/C24H19NO4/c1-14-10-12-17(13-11-14)21(15(2)24(28)29-3)25-22(26)18-8-4-6-16-7-5-9-19(20(16)18)23(25)27/h4-13,21H,2H2,1,3H3/t21-/m0/s1. The fraction of sp³-hybridized carbons (Fsp3) is 0.125. The molecule has 2 amide bonds. The molecule has 0 saturated carbocycles. The van der Waals surface area contributed by atoms with Crippen molar-refractivity contribution in [3.8, 4) is 0 Å². The second-order valence-corrected chi connectivity index (χ2v) is 7.02. The van der Waals surface area contributed by atoms with Gasteiger partial charge in [0.15, 0.2) is 0 Å². The Morgan fingerprint density at radius 1 is 0.931 bits per heavy atom. The Morgan fingerprint density at radius 2 is 1.48 bits per heavy atom. The molecular weight excluding hydrogens is 366 g/mol. The molecule has 0 fully saturated rings. The van der Waals surface area contributed by atoms with Crippen molar-refractivity contribution in [3.05, 3.63) is 95.1 Å². The van der Waals surface area contributed by atoms with E-state index >= 15 is 0 Å². The summed E-state index contributed by atoms with van der Waals surface area (Å²) in [6, 6.07) is 17.0. The van der Waals surface area contributed by atoms with Crippen molar-refractivity contribution in [1.82, 2.24) is 4.90 Å². The Morgan fingerprint density at radius 3 is 2.00 bits per heavy atom. The summed E-state index contributed by atoms with van der Waals surface area (Å²) >= 11 is 0. The third-order valence-electron chi connectivity index (χ3n) is 5.23. The molecule has 4 rings (SSSR count). The maximum Gasteiger partial charge on any atom is 0.335 e. The molecular formula is C24H19NO4. The lowest BCUT2D eigenvalue weighted by molar-refractivity contribution is -0.136. The lowest BCUT2D eigenvalue weighted by Gasteiger charge is -2.34. The van der Waals surface area contributed by atoms with Gasteiger partial charge in [-0.2, -0.15) is 0 Å². The molecule has 1 atom stereocenters. The zero-order chi connectivity index (χ0) is 20.7. The summed E-state index contributed by atoms with van der Waals surface area (Å²) < 4.78 is 4.84. The Labute approximate surface area is 168 Å². The highest BCUT2D eigenvalue weighted by molar-refractivity contribution is 6.26. The summed E-state index contributed by atoms with van der Waals surface area (Å²) in [5, 5.41) is 1.45. The van der Waals surface area contributed by atoms with E-state index in [4.69, 9.17) is 4.74 Å². The molecule has 1 aliphatic rings. The average molecular weight is 385 g/mol. The highest BCUT2D eigenvalue weighted by atomic mass is 16.5. The van der Waals surface area contributed by atoms with Gasteiger partial charge in [0.05, 0.1) is 18.7 Å². The number of hydrogen-bond acceptors (Lipinski definition) is 4. The van der Waals surface area contributed by atoms with E-state index in [9.17, 15) is 14.4 Å². The van der Waals surface area contributed by atoms with Crippen LogP contribution in [0, 0.1) is 6.92 Å². The van der Waals surface area contributed by atoms with Gasteiger partial charge >= 0.3 is 5.97 Å². The molecule has 0 N–H and O–H groups in total. The Hall–Kier alpha value is -3.73. The summed E-state index contributed by atoms with van der Waals surface area (Å²) in [5.41, 5.74) is 2.49. The van der Waals surface area contributed by atoms with Crippen LogP contribution in [0.25, 0.3) is 10.8 Å². The number of ether oxygens (including phenoxy) is 1. The first-order valence-corrected chi connectivity index (χ1v) is 9.17. The van der Waals surface area contributed by atoms with Crippen LogP contribution in [0.4, 0.5) is 0 Å². The van der Waals surface area contributed by atoms with Gasteiger partial charge in [-0.25, -0.2) is 4.79 Å². The van der Waals surface area contributed by atoms with Crippen LogP contribution in [0.3, 0.4) is 0 Å². The number of nitrogens with zero attached hydrogens (tertiary/aromatic N) is 1. The molecule has 5 nitrogen and oxygen atoms in total. The number of aryl methyl sites for hydroxylation is 1. The van der Waals surface area contributed by atoms with Gasteiger partial charge in [0.1, 0.15) is 0 Å². The van der Waals surface area contributed by atoms with Crippen LogP contribution in [0.1, 0.15) is 37.9 Å². The SMILES string of the molecule is C=C(C(=O)OC)[C@@H](c1ccc(C)cc1)N1C(=O)c2cccc3cccc(c23)C1=O. The molecule has 0 saturated heterocycles. The topological polar surface area (TPSA) is 63.7 Å². The van der Waals surface area contributed by atoms with Crippen LogP contribution in [0.15, 0.2) is 72.8 Å². The number of benzene rings is 3. The fourth-order valence-electron chi connectivity index (χ4n) is 3.78. The minimum Gasteiger partial charge on any atom is -0.466 e. The van der Waals surface area contributed by atoms with E-state index < -0.39 is 23.8 Å². The van der Waals surface area contributed by atoms with Gasteiger partial charge < -0.3 is 4.74 Å². The summed E-state index contributed by atoms with van der Waals surface area (Å²) in [5.74, 6) is -1.60. The number of amides is 2.